The van der Waals surface area contributed by atoms with Crippen LogP contribution in [-0.2, 0) is 9.59 Å². The first-order valence-electron chi connectivity index (χ1n) is 13.7. The molecule has 0 heterocycles. The van der Waals surface area contributed by atoms with Gasteiger partial charge in [0, 0.05) is 12.8 Å². The summed E-state index contributed by atoms with van der Waals surface area (Å²) in [7, 11) is 0. The van der Waals surface area contributed by atoms with E-state index in [-0.39, 0.29) is 27.6 Å². The molecular weight excluding hydrogens is 408 g/mol. The van der Waals surface area contributed by atoms with E-state index >= 15 is 0 Å². The molecule has 33 heavy (non-hydrogen) atoms. The number of Topliss-reactive ketones (excluding diaryl/α,β-unsaturated/α-hetero) is 1. The van der Waals surface area contributed by atoms with Gasteiger partial charge in [-0.3, -0.25) is 9.59 Å². The maximum atomic E-state index is 13.0. The number of ketones is 1. The minimum absolute atomic E-state index is 0.0312. The van der Waals surface area contributed by atoms with E-state index in [1.807, 2.05) is 0 Å². The molecule has 0 aromatic rings. The van der Waals surface area contributed by atoms with Crippen molar-refractivity contribution in [3.63, 3.8) is 0 Å². The molecule has 0 aromatic carbocycles. The lowest BCUT2D eigenvalue weighted by Crippen LogP contribution is -2.64. The molecule has 0 amide bonds. The maximum absolute atomic E-state index is 13.0. The highest BCUT2D eigenvalue weighted by atomic mass is 16.4. The third-order valence-corrected chi connectivity index (χ3v) is 12.9. The van der Waals surface area contributed by atoms with E-state index in [4.69, 9.17) is 0 Å². The number of carboxylic acid groups (broad SMARTS) is 1. The van der Waals surface area contributed by atoms with E-state index in [0.717, 1.165) is 44.9 Å². The predicted molar refractivity (Wildman–Crippen MR) is 132 cm³/mol. The quantitative estimate of drug-likeness (QED) is 0.423. The van der Waals surface area contributed by atoms with E-state index in [1.165, 1.54) is 18.4 Å². The van der Waals surface area contributed by atoms with E-state index < -0.39 is 11.4 Å². The summed E-state index contributed by atoms with van der Waals surface area (Å²) < 4.78 is 0. The topological polar surface area (TPSA) is 54.4 Å². The first kappa shape index (κ1) is 23.6. The number of hydrogen-bond donors (Lipinski definition) is 1. The van der Waals surface area contributed by atoms with Crippen molar-refractivity contribution in [2.24, 2.45) is 56.7 Å². The summed E-state index contributed by atoms with van der Waals surface area (Å²) in [5.74, 6) is 2.11. The van der Waals surface area contributed by atoms with Gasteiger partial charge in [0.05, 0.1) is 5.41 Å². The van der Waals surface area contributed by atoms with Crippen molar-refractivity contribution in [1.29, 1.82) is 0 Å². The highest BCUT2D eigenvalue weighted by Crippen LogP contribution is 2.75. The summed E-state index contributed by atoms with van der Waals surface area (Å²) in [5.41, 5.74) is 1.19. The molecule has 1 N–H and O–H groups in total. The van der Waals surface area contributed by atoms with Gasteiger partial charge in [-0.2, -0.15) is 0 Å². The SMILES string of the molecule is C[C@@H]1CC[C@]2(C(=O)O)CC[C@]3(C)C(=CCC4[C@@]5(C)CC(=O)CC(C)(C)C5CC[C@]43C)C2[C@H]1C. The molecule has 5 rings (SSSR count). The van der Waals surface area contributed by atoms with Crippen molar-refractivity contribution in [1.82, 2.24) is 0 Å². The second kappa shape index (κ2) is 6.97. The van der Waals surface area contributed by atoms with Crippen molar-refractivity contribution in [3.8, 4) is 0 Å². The number of aliphatic carboxylic acids is 1. The standard InChI is InChI=1S/C30H46O3/c1-18-10-13-30(25(32)33)15-14-28(6)21(24(30)19(18)2)8-9-23-27(5)17-20(31)16-26(3,4)22(27)11-12-29(23,28)7/h8,18-19,22-24H,9-17H2,1-7H3,(H,32,33)/t18-,19+,22?,23?,24?,27+,28-,29-,30+/m1/s1. The number of allylic oxidation sites excluding steroid dienone is 2. The molecule has 4 fully saturated rings. The van der Waals surface area contributed by atoms with Crippen LogP contribution in [0.5, 0.6) is 0 Å². The summed E-state index contributed by atoms with van der Waals surface area (Å²) >= 11 is 0. The van der Waals surface area contributed by atoms with Crippen LogP contribution >= 0.6 is 0 Å². The zero-order chi connectivity index (χ0) is 24.2. The highest BCUT2D eigenvalue weighted by molar-refractivity contribution is 5.81. The Labute approximate surface area is 201 Å². The van der Waals surface area contributed by atoms with Crippen LogP contribution in [0.1, 0.15) is 106 Å². The Morgan fingerprint density at radius 2 is 1.64 bits per heavy atom. The van der Waals surface area contributed by atoms with Crippen LogP contribution in [0, 0.1) is 56.7 Å². The van der Waals surface area contributed by atoms with E-state index in [2.05, 4.69) is 54.5 Å². The first-order valence-corrected chi connectivity index (χ1v) is 13.7. The molecule has 4 saturated carbocycles. The van der Waals surface area contributed by atoms with Crippen LogP contribution in [0.2, 0.25) is 0 Å². The largest absolute Gasteiger partial charge is 0.481 e. The average molecular weight is 455 g/mol. The average Bonchev–Trinajstić information content (AvgIpc) is 2.69. The zero-order valence-electron chi connectivity index (χ0n) is 22.1. The van der Waals surface area contributed by atoms with Crippen molar-refractivity contribution in [2.75, 3.05) is 0 Å². The van der Waals surface area contributed by atoms with Gasteiger partial charge in [-0.05, 0) is 96.2 Å². The minimum Gasteiger partial charge on any atom is -0.481 e. The molecule has 0 saturated heterocycles. The Bertz CT molecular complexity index is 916. The second-order valence-corrected chi connectivity index (χ2v) is 14.5. The van der Waals surface area contributed by atoms with Gasteiger partial charge >= 0.3 is 5.97 Å². The van der Waals surface area contributed by atoms with Crippen LogP contribution in [-0.4, -0.2) is 16.9 Å². The number of carbonyl (C=O) groups is 2. The minimum atomic E-state index is -0.579. The monoisotopic (exact) mass is 454 g/mol. The molecule has 0 aliphatic heterocycles. The number of rotatable bonds is 1. The van der Waals surface area contributed by atoms with Crippen molar-refractivity contribution in [3.05, 3.63) is 11.6 Å². The molecular formula is C30H46O3. The molecule has 3 nitrogen and oxygen atoms in total. The predicted octanol–water partition coefficient (Wildman–Crippen LogP) is 7.30. The van der Waals surface area contributed by atoms with Gasteiger partial charge in [0.25, 0.3) is 0 Å². The molecule has 3 unspecified atom stereocenters. The van der Waals surface area contributed by atoms with Crippen LogP contribution in [0.25, 0.3) is 0 Å². The summed E-state index contributed by atoms with van der Waals surface area (Å²) in [6.07, 6.45) is 11.1. The maximum Gasteiger partial charge on any atom is 0.310 e. The summed E-state index contributed by atoms with van der Waals surface area (Å²) in [4.78, 5) is 25.8. The molecule has 5 aliphatic carbocycles. The Balaban J connectivity index is 1.63. The van der Waals surface area contributed by atoms with Crippen LogP contribution < -0.4 is 0 Å². The highest BCUT2D eigenvalue weighted by Gasteiger charge is 2.69. The van der Waals surface area contributed by atoms with Gasteiger partial charge in [0.1, 0.15) is 5.78 Å². The number of fused-ring (bicyclic) bond motifs is 7. The van der Waals surface area contributed by atoms with Gasteiger partial charge in [0.2, 0.25) is 0 Å². The lowest BCUT2D eigenvalue weighted by Gasteiger charge is -2.70. The smallest absolute Gasteiger partial charge is 0.310 e. The summed E-state index contributed by atoms with van der Waals surface area (Å²) in [5, 5.41) is 10.5. The Morgan fingerprint density at radius 3 is 2.30 bits per heavy atom. The van der Waals surface area contributed by atoms with E-state index in [1.54, 1.807) is 0 Å². The Kier molecular flexibility index (Phi) is 4.99. The molecule has 3 heteroatoms. The fourth-order valence-electron chi connectivity index (χ4n) is 10.9. The van der Waals surface area contributed by atoms with Gasteiger partial charge in [0.15, 0.2) is 0 Å². The van der Waals surface area contributed by atoms with Gasteiger partial charge in [-0.25, -0.2) is 0 Å². The third kappa shape index (κ3) is 2.80. The van der Waals surface area contributed by atoms with Gasteiger partial charge in [-0.15, -0.1) is 0 Å². The molecule has 5 aliphatic rings. The molecule has 9 atom stereocenters. The second-order valence-electron chi connectivity index (χ2n) is 14.5. The molecule has 0 spiro atoms. The number of hydrogen-bond acceptors (Lipinski definition) is 2. The first-order chi connectivity index (χ1) is 15.2. The normalized spacial score (nSPS) is 53.1. The van der Waals surface area contributed by atoms with Crippen molar-refractivity contribution >= 4 is 11.8 Å². The zero-order valence-corrected chi connectivity index (χ0v) is 22.1. The van der Waals surface area contributed by atoms with Crippen LogP contribution in [0.4, 0.5) is 0 Å². The third-order valence-electron chi connectivity index (χ3n) is 12.9. The Morgan fingerprint density at radius 1 is 0.939 bits per heavy atom. The van der Waals surface area contributed by atoms with Crippen molar-refractivity contribution in [2.45, 2.75) is 106 Å². The lowest BCUT2D eigenvalue weighted by atomic mass is 9.33. The van der Waals surface area contributed by atoms with Gasteiger partial charge < -0.3 is 5.11 Å². The number of carboxylic acids is 1. The fourth-order valence-corrected chi connectivity index (χ4v) is 10.9. The van der Waals surface area contributed by atoms with E-state index in [0.29, 0.717) is 29.5 Å². The summed E-state index contributed by atoms with van der Waals surface area (Å²) in [6, 6.07) is 0. The van der Waals surface area contributed by atoms with Crippen LogP contribution in [0.3, 0.4) is 0 Å². The fraction of sp³-hybridized carbons (Fsp3) is 0.867. The summed E-state index contributed by atoms with van der Waals surface area (Å²) in [6.45, 7) is 16.8. The van der Waals surface area contributed by atoms with E-state index in [9.17, 15) is 14.7 Å². The molecule has 184 valence electrons. The van der Waals surface area contributed by atoms with Gasteiger partial charge in [-0.1, -0.05) is 60.1 Å². The van der Waals surface area contributed by atoms with Crippen molar-refractivity contribution < 1.29 is 14.7 Å². The number of carbonyl (C=O) groups excluding carboxylic acids is 1. The lowest BCUT2D eigenvalue weighted by molar-refractivity contribution is -0.190. The molecule has 0 aromatic heterocycles. The Hall–Kier alpha value is -1.12. The molecule has 0 radical (unpaired) electrons. The van der Waals surface area contributed by atoms with Crippen LogP contribution in [0.15, 0.2) is 11.6 Å². The molecule has 0 bridgehead atoms.